The number of nitrogens with two attached hydrogens (primary N) is 1. The third-order valence-corrected chi connectivity index (χ3v) is 4.07. The molecule has 1 aliphatic rings. The molecule has 1 aromatic heterocycles. The summed E-state index contributed by atoms with van der Waals surface area (Å²) in [6.07, 6.45) is 5.43. The summed E-state index contributed by atoms with van der Waals surface area (Å²) >= 11 is 3.58. The van der Waals surface area contributed by atoms with Gasteiger partial charge in [0.05, 0.1) is 0 Å². The van der Waals surface area contributed by atoms with E-state index in [1.807, 2.05) is 6.20 Å². The Morgan fingerprint density at radius 1 is 1.33 bits per heavy atom. The zero-order valence-corrected chi connectivity index (χ0v) is 9.97. The molecule has 78 valence electrons. The Morgan fingerprint density at radius 3 is 2.80 bits per heavy atom. The van der Waals surface area contributed by atoms with Crippen LogP contribution in [0, 0.1) is 0 Å². The fourth-order valence-electron chi connectivity index (χ4n) is 2.39. The van der Waals surface area contributed by atoms with Gasteiger partial charge in [-0.15, -0.1) is 0 Å². The van der Waals surface area contributed by atoms with Gasteiger partial charge in [-0.1, -0.05) is 12.1 Å². The summed E-state index contributed by atoms with van der Waals surface area (Å²) in [5.74, 6) is 0. The topological polar surface area (TPSA) is 41.8 Å². The van der Waals surface area contributed by atoms with Crippen molar-refractivity contribution in [1.82, 2.24) is 4.98 Å². The molecule has 1 fully saturated rings. The highest BCUT2D eigenvalue weighted by atomic mass is 79.9. The van der Waals surface area contributed by atoms with Gasteiger partial charge in [0.15, 0.2) is 0 Å². The summed E-state index contributed by atoms with van der Waals surface area (Å²) in [4.78, 5) is 3.25. The van der Waals surface area contributed by atoms with E-state index in [-0.39, 0.29) is 5.54 Å². The Morgan fingerprint density at radius 2 is 2.13 bits per heavy atom. The molecule has 0 radical (unpaired) electrons. The molecule has 2 nitrogen and oxygen atoms in total. The van der Waals surface area contributed by atoms with Crippen molar-refractivity contribution in [2.24, 2.45) is 5.73 Å². The molecule has 3 N–H and O–H groups in total. The first kappa shape index (κ1) is 9.43. The first-order valence-corrected chi connectivity index (χ1v) is 6.05. The molecule has 2 aromatic rings. The predicted molar refractivity (Wildman–Crippen MR) is 65.7 cm³/mol. The van der Waals surface area contributed by atoms with Crippen LogP contribution in [0.1, 0.15) is 24.8 Å². The molecule has 1 aliphatic carbocycles. The van der Waals surface area contributed by atoms with Gasteiger partial charge in [0.1, 0.15) is 0 Å². The second-order valence-electron chi connectivity index (χ2n) is 4.37. The standard InChI is InChI=1S/C12H13BrN2/c13-9-7-15-10-4-1-3-8(11(9)10)12(14)5-2-6-12/h1,3-4,7,15H,2,5-6,14H2. The van der Waals surface area contributed by atoms with Crippen molar-refractivity contribution >= 4 is 26.8 Å². The average molecular weight is 265 g/mol. The molecular weight excluding hydrogens is 252 g/mol. The number of H-pyrrole nitrogens is 1. The van der Waals surface area contributed by atoms with Gasteiger partial charge >= 0.3 is 0 Å². The molecule has 1 saturated carbocycles. The van der Waals surface area contributed by atoms with E-state index in [1.165, 1.54) is 17.4 Å². The van der Waals surface area contributed by atoms with Crippen LogP contribution in [0.3, 0.4) is 0 Å². The highest BCUT2D eigenvalue weighted by Crippen LogP contribution is 2.43. The van der Waals surface area contributed by atoms with Crippen molar-refractivity contribution in [3.05, 3.63) is 34.4 Å². The summed E-state index contributed by atoms with van der Waals surface area (Å²) in [5.41, 5.74) is 8.73. The van der Waals surface area contributed by atoms with Gasteiger partial charge in [0.2, 0.25) is 0 Å². The van der Waals surface area contributed by atoms with Crippen LogP contribution in [-0.2, 0) is 5.54 Å². The largest absolute Gasteiger partial charge is 0.360 e. The lowest BCUT2D eigenvalue weighted by Gasteiger charge is -2.39. The smallest absolute Gasteiger partial charge is 0.0469 e. The van der Waals surface area contributed by atoms with E-state index in [0.717, 1.165) is 22.8 Å². The molecule has 0 aliphatic heterocycles. The lowest BCUT2D eigenvalue weighted by Crippen LogP contribution is -2.43. The van der Waals surface area contributed by atoms with Crippen molar-refractivity contribution in [1.29, 1.82) is 0 Å². The first-order valence-electron chi connectivity index (χ1n) is 5.26. The minimum absolute atomic E-state index is 0.0930. The Balaban J connectivity index is 2.29. The lowest BCUT2D eigenvalue weighted by atomic mass is 9.72. The molecule has 0 saturated heterocycles. The van der Waals surface area contributed by atoms with Gasteiger partial charge in [0.25, 0.3) is 0 Å². The van der Waals surface area contributed by atoms with E-state index in [1.54, 1.807) is 0 Å². The summed E-state index contributed by atoms with van der Waals surface area (Å²) in [6, 6.07) is 6.32. The fourth-order valence-corrected chi connectivity index (χ4v) is 2.93. The number of benzene rings is 1. The Kier molecular flexibility index (Phi) is 1.94. The number of aromatic nitrogens is 1. The van der Waals surface area contributed by atoms with Crippen molar-refractivity contribution in [3.63, 3.8) is 0 Å². The summed E-state index contributed by atoms with van der Waals surface area (Å²) in [5, 5.41) is 1.25. The molecular formula is C12H13BrN2. The van der Waals surface area contributed by atoms with Gasteiger partial charge in [-0.05, 0) is 46.8 Å². The SMILES string of the molecule is NC1(c2cccc3[nH]cc(Br)c23)CCC1. The molecule has 0 atom stereocenters. The van der Waals surface area contributed by atoms with Gasteiger partial charge in [-0.25, -0.2) is 0 Å². The average Bonchev–Trinajstić information content (AvgIpc) is 2.57. The fraction of sp³-hybridized carbons (Fsp3) is 0.333. The Labute approximate surface area is 97.0 Å². The molecule has 0 amide bonds. The van der Waals surface area contributed by atoms with E-state index >= 15 is 0 Å². The number of halogens is 1. The molecule has 0 spiro atoms. The van der Waals surface area contributed by atoms with Crippen molar-refractivity contribution in [3.8, 4) is 0 Å². The zero-order chi connectivity index (χ0) is 10.5. The third kappa shape index (κ3) is 1.26. The van der Waals surface area contributed by atoms with E-state index in [9.17, 15) is 0 Å². The van der Waals surface area contributed by atoms with Gasteiger partial charge < -0.3 is 10.7 Å². The number of hydrogen-bond acceptors (Lipinski definition) is 1. The molecule has 1 heterocycles. The van der Waals surface area contributed by atoms with Crippen LogP contribution in [0.15, 0.2) is 28.9 Å². The second kappa shape index (κ2) is 3.09. The zero-order valence-electron chi connectivity index (χ0n) is 8.39. The molecule has 3 rings (SSSR count). The Hall–Kier alpha value is -0.800. The summed E-state index contributed by atoms with van der Waals surface area (Å²) < 4.78 is 1.12. The molecule has 0 bridgehead atoms. The summed E-state index contributed by atoms with van der Waals surface area (Å²) in [6.45, 7) is 0. The lowest BCUT2D eigenvalue weighted by molar-refractivity contribution is 0.256. The second-order valence-corrected chi connectivity index (χ2v) is 5.23. The van der Waals surface area contributed by atoms with Gasteiger partial charge in [-0.3, -0.25) is 0 Å². The molecule has 3 heteroatoms. The van der Waals surface area contributed by atoms with E-state index in [2.05, 4.69) is 39.1 Å². The first-order chi connectivity index (χ1) is 7.21. The maximum atomic E-state index is 6.38. The molecule has 15 heavy (non-hydrogen) atoms. The maximum Gasteiger partial charge on any atom is 0.0469 e. The monoisotopic (exact) mass is 264 g/mol. The van der Waals surface area contributed by atoms with E-state index < -0.39 is 0 Å². The van der Waals surface area contributed by atoms with Crippen molar-refractivity contribution in [2.75, 3.05) is 0 Å². The van der Waals surface area contributed by atoms with Crippen molar-refractivity contribution in [2.45, 2.75) is 24.8 Å². The van der Waals surface area contributed by atoms with E-state index in [0.29, 0.717) is 0 Å². The summed E-state index contributed by atoms with van der Waals surface area (Å²) in [7, 11) is 0. The Bertz CT molecular complexity index is 511. The van der Waals surface area contributed by atoms with Crippen LogP contribution in [0.25, 0.3) is 10.9 Å². The third-order valence-electron chi connectivity index (χ3n) is 3.44. The number of aromatic amines is 1. The minimum atomic E-state index is -0.0930. The van der Waals surface area contributed by atoms with Crippen LogP contribution in [0.5, 0.6) is 0 Å². The predicted octanol–water partition coefficient (Wildman–Crippen LogP) is 3.27. The van der Waals surface area contributed by atoms with Crippen LogP contribution in [-0.4, -0.2) is 4.98 Å². The quantitative estimate of drug-likeness (QED) is 0.816. The van der Waals surface area contributed by atoms with Crippen LogP contribution in [0.2, 0.25) is 0 Å². The van der Waals surface area contributed by atoms with Crippen molar-refractivity contribution < 1.29 is 0 Å². The maximum absolute atomic E-state index is 6.38. The van der Waals surface area contributed by atoms with Crippen LogP contribution >= 0.6 is 15.9 Å². The van der Waals surface area contributed by atoms with Crippen LogP contribution in [0.4, 0.5) is 0 Å². The normalized spacial score (nSPS) is 19.1. The number of fused-ring (bicyclic) bond motifs is 1. The van der Waals surface area contributed by atoms with Gasteiger partial charge in [-0.2, -0.15) is 0 Å². The van der Waals surface area contributed by atoms with Crippen LogP contribution < -0.4 is 5.73 Å². The number of nitrogens with one attached hydrogen (secondary N) is 1. The van der Waals surface area contributed by atoms with Gasteiger partial charge in [0, 0.05) is 27.1 Å². The number of rotatable bonds is 1. The number of hydrogen-bond donors (Lipinski definition) is 2. The molecule has 1 aromatic carbocycles. The minimum Gasteiger partial charge on any atom is -0.360 e. The highest BCUT2D eigenvalue weighted by molar-refractivity contribution is 9.10. The molecule has 0 unspecified atom stereocenters. The van der Waals surface area contributed by atoms with E-state index in [4.69, 9.17) is 5.73 Å². The highest BCUT2D eigenvalue weighted by Gasteiger charge is 2.35.